The van der Waals surface area contributed by atoms with Crippen molar-refractivity contribution < 1.29 is 37.9 Å². The van der Waals surface area contributed by atoms with Crippen molar-refractivity contribution in [3.05, 3.63) is 24.3 Å². The van der Waals surface area contributed by atoms with Gasteiger partial charge in [-0.15, -0.1) is 0 Å². The maximum absolute atomic E-state index is 12.4. The van der Waals surface area contributed by atoms with Crippen LogP contribution in [0.3, 0.4) is 0 Å². The van der Waals surface area contributed by atoms with E-state index in [0.29, 0.717) is 0 Å². The van der Waals surface area contributed by atoms with Gasteiger partial charge in [-0.1, -0.05) is 231 Å². The molecule has 1 atom stereocenters. The molecule has 0 aliphatic carbocycles. The summed E-state index contributed by atoms with van der Waals surface area (Å²) in [6.45, 7) is 3.60. The molecule has 8 nitrogen and oxygen atoms in total. The molecule has 0 spiro atoms. The summed E-state index contributed by atoms with van der Waals surface area (Å²) in [6, 6.07) is 0. The minimum absolute atomic E-state index is 0.360. The number of phosphoric acid groups is 1. The highest BCUT2D eigenvalue weighted by atomic mass is 31.2. The number of ether oxygens (including phenoxy) is 2. The number of allylic oxidation sites excluding steroid dienone is 2. The molecule has 0 rings (SSSR count). The molecule has 0 aromatic heterocycles. The molecule has 2 N–H and O–H groups in total. The van der Waals surface area contributed by atoms with Crippen molar-refractivity contribution in [2.75, 3.05) is 13.2 Å². The Morgan fingerprint density at radius 2 is 0.732 bits per heavy atom. The van der Waals surface area contributed by atoms with Gasteiger partial charge in [-0.2, -0.15) is 0 Å². The normalized spacial score (nSPS) is 12.6. The second-order valence-corrected chi connectivity index (χ2v) is 17.4. The average Bonchev–Trinajstić information content (AvgIpc) is 3.17. The SMILES string of the molecule is CCCCCCCCCCCCCCCCCCC/C=C/C(=O)OCC(COP(=O)(O)O)OC(=O)/C=C/CCCCCCCCCCCCCCCCCCC. The van der Waals surface area contributed by atoms with Gasteiger partial charge in [0.1, 0.15) is 6.61 Å². The summed E-state index contributed by atoms with van der Waals surface area (Å²) >= 11 is 0. The van der Waals surface area contributed by atoms with Crippen molar-refractivity contribution in [3.63, 3.8) is 0 Å². The Morgan fingerprint density at radius 3 is 1.04 bits per heavy atom. The van der Waals surface area contributed by atoms with E-state index in [0.717, 1.165) is 38.5 Å². The minimum atomic E-state index is -4.78. The number of phosphoric ester groups is 1. The summed E-state index contributed by atoms with van der Waals surface area (Å²) in [7, 11) is -4.78. The van der Waals surface area contributed by atoms with E-state index in [4.69, 9.17) is 19.3 Å². The maximum Gasteiger partial charge on any atom is 0.469 e. The predicted octanol–water partition coefficient (Wildman–Crippen LogP) is 14.7. The third-order valence-corrected chi connectivity index (χ3v) is 11.1. The second-order valence-electron chi connectivity index (χ2n) is 16.2. The fraction of sp³-hybridized carbons (Fsp3) is 0.872. The number of rotatable bonds is 44. The zero-order valence-corrected chi connectivity index (χ0v) is 37.4. The van der Waals surface area contributed by atoms with Crippen molar-refractivity contribution >= 4 is 19.8 Å². The molecule has 56 heavy (non-hydrogen) atoms. The van der Waals surface area contributed by atoms with Crippen molar-refractivity contribution in [1.82, 2.24) is 0 Å². The zero-order valence-electron chi connectivity index (χ0n) is 36.5. The Kier molecular flexibility index (Phi) is 42.0. The van der Waals surface area contributed by atoms with Crippen molar-refractivity contribution in [1.29, 1.82) is 0 Å². The van der Waals surface area contributed by atoms with Crippen molar-refractivity contribution in [3.8, 4) is 0 Å². The standard InChI is InChI=1S/C47H89O8P/c1-3-5-7-9-11-13-15-17-19-21-23-25-27-29-31-33-35-37-39-41-46(48)53-43-45(44-54-56(50,51)52)55-47(49)42-40-38-36-34-32-30-28-26-24-22-20-18-16-14-12-10-8-6-4-2/h39-42,45H,3-38,43-44H2,1-2H3,(H2,50,51,52)/b41-39+,42-40+. The molecule has 0 saturated heterocycles. The highest BCUT2D eigenvalue weighted by Gasteiger charge is 2.22. The molecule has 1 unspecified atom stereocenters. The third-order valence-electron chi connectivity index (χ3n) is 10.6. The van der Waals surface area contributed by atoms with Gasteiger partial charge < -0.3 is 19.3 Å². The molecular weight excluding hydrogens is 723 g/mol. The van der Waals surface area contributed by atoms with E-state index in [9.17, 15) is 14.2 Å². The summed E-state index contributed by atoms with van der Waals surface area (Å²) in [6.07, 6.45) is 51.4. The number of carbonyl (C=O) groups excluding carboxylic acids is 2. The highest BCUT2D eigenvalue weighted by molar-refractivity contribution is 7.46. The van der Waals surface area contributed by atoms with Crippen LogP contribution in [0, 0.1) is 0 Å². The molecular formula is C47H89O8P. The number of carbonyl (C=O) groups is 2. The quantitative estimate of drug-likeness (QED) is 0.0270. The first-order valence-corrected chi connectivity index (χ1v) is 25.2. The fourth-order valence-corrected chi connectivity index (χ4v) is 7.42. The summed E-state index contributed by atoms with van der Waals surface area (Å²) < 4.78 is 26.2. The molecule has 0 heterocycles. The van der Waals surface area contributed by atoms with Gasteiger partial charge >= 0.3 is 19.8 Å². The first-order chi connectivity index (χ1) is 27.3. The van der Waals surface area contributed by atoms with Gasteiger partial charge in [0.25, 0.3) is 0 Å². The van der Waals surface area contributed by atoms with Crippen LogP contribution >= 0.6 is 7.82 Å². The Morgan fingerprint density at radius 1 is 0.446 bits per heavy atom. The number of esters is 2. The van der Waals surface area contributed by atoms with Crippen LogP contribution in [0.4, 0.5) is 0 Å². The summed E-state index contributed by atoms with van der Waals surface area (Å²) in [5.41, 5.74) is 0. The molecule has 9 heteroatoms. The summed E-state index contributed by atoms with van der Waals surface area (Å²) in [4.78, 5) is 42.8. The van der Waals surface area contributed by atoms with Crippen molar-refractivity contribution in [2.24, 2.45) is 0 Å². The molecule has 0 bridgehead atoms. The molecule has 0 amide bonds. The minimum Gasteiger partial charge on any atom is -0.458 e. The van der Waals surface area contributed by atoms with Gasteiger partial charge in [-0.05, 0) is 25.7 Å². The molecule has 0 aliphatic rings. The van der Waals surface area contributed by atoms with Crippen LogP contribution in [-0.2, 0) is 28.2 Å². The highest BCUT2D eigenvalue weighted by Crippen LogP contribution is 2.36. The lowest BCUT2D eigenvalue weighted by atomic mass is 10.0. The lowest BCUT2D eigenvalue weighted by molar-refractivity contribution is -0.154. The Hall–Kier alpha value is -1.47. The molecule has 0 aliphatic heterocycles. The lowest BCUT2D eigenvalue weighted by Gasteiger charge is -2.17. The van der Waals surface area contributed by atoms with E-state index < -0.39 is 32.5 Å². The number of unbranched alkanes of at least 4 members (excludes halogenated alkanes) is 34. The lowest BCUT2D eigenvalue weighted by Crippen LogP contribution is -2.28. The van der Waals surface area contributed by atoms with Crippen LogP contribution in [0.2, 0.25) is 0 Å². The van der Waals surface area contributed by atoms with E-state index in [2.05, 4.69) is 18.4 Å². The van der Waals surface area contributed by atoms with Crippen LogP contribution in [0.5, 0.6) is 0 Å². The Balaban J connectivity index is 3.91. The van der Waals surface area contributed by atoms with Crippen LogP contribution in [0.25, 0.3) is 0 Å². The molecule has 0 fully saturated rings. The Bertz CT molecular complexity index is 962. The van der Waals surface area contributed by atoms with E-state index in [-0.39, 0.29) is 6.61 Å². The number of hydrogen-bond donors (Lipinski definition) is 2. The van der Waals surface area contributed by atoms with E-state index in [1.807, 2.05) is 0 Å². The van der Waals surface area contributed by atoms with Gasteiger partial charge in [0.05, 0.1) is 6.61 Å². The first-order valence-electron chi connectivity index (χ1n) is 23.7. The van der Waals surface area contributed by atoms with Crippen LogP contribution in [0.15, 0.2) is 24.3 Å². The topological polar surface area (TPSA) is 119 Å². The summed E-state index contributed by atoms with van der Waals surface area (Å²) in [5.74, 6) is -1.26. The first kappa shape index (κ1) is 54.5. The Labute approximate surface area is 345 Å². The second kappa shape index (κ2) is 43.1. The third kappa shape index (κ3) is 45.2. The predicted molar refractivity (Wildman–Crippen MR) is 235 cm³/mol. The van der Waals surface area contributed by atoms with Crippen LogP contribution < -0.4 is 0 Å². The van der Waals surface area contributed by atoms with Gasteiger partial charge in [-0.3, -0.25) is 4.52 Å². The van der Waals surface area contributed by atoms with E-state index in [1.165, 1.54) is 205 Å². The van der Waals surface area contributed by atoms with Gasteiger partial charge in [0, 0.05) is 12.2 Å². The average molecular weight is 813 g/mol. The van der Waals surface area contributed by atoms with E-state index in [1.54, 1.807) is 12.2 Å². The number of hydrogen-bond acceptors (Lipinski definition) is 6. The molecule has 0 aromatic carbocycles. The largest absolute Gasteiger partial charge is 0.469 e. The van der Waals surface area contributed by atoms with Gasteiger partial charge in [0.15, 0.2) is 6.10 Å². The summed E-state index contributed by atoms with van der Waals surface area (Å²) in [5, 5.41) is 0. The van der Waals surface area contributed by atoms with Crippen molar-refractivity contribution in [2.45, 2.75) is 251 Å². The smallest absolute Gasteiger partial charge is 0.458 e. The fourth-order valence-electron chi connectivity index (χ4n) is 7.06. The maximum atomic E-state index is 12.4. The zero-order chi connectivity index (χ0) is 41.1. The van der Waals surface area contributed by atoms with Gasteiger partial charge in [-0.25, -0.2) is 14.2 Å². The van der Waals surface area contributed by atoms with Crippen LogP contribution in [-0.4, -0.2) is 41.0 Å². The monoisotopic (exact) mass is 813 g/mol. The molecule has 0 radical (unpaired) electrons. The van der Waals surface area contributed by atoms with Crippen LogP contribution in [0.1, 0.15) is 245 Å². The van der Waals surface area contributed by atoms with E-state index >= 15 is 0 Å². The molecule has 330 valence electrons. The van der Waals surface area contributed by atoms with Gasteiger partial charge in [0.2, 0.25) is 0 Å². The molecule has 0 aromatic rings. The molecule has 0 saturated carbocycles.